The van der Waals surface area contributed by atoms with E-state index in [9.17, 15) is 9.90 Å². The van der Waals surface area contributed by atoms with Crippen LogP contribution in [0, 0.1) is 5.92 Å². The smallest absolute Gasteiger partial charge is 0.236 e. The molecule has 0 aromatic heterocycles. The van der Waals surface area contributed by atoms with Gasteiger partial charge in [0.2, 0.25) is 5.91 Å². The van der Waals surface area contributed by atoms with Gasteiger partial charge < -0.3 is 14.9 Å². The Morgan fingerprint density at radius 1 is 1.14 bits per heavy atom. The van der Waals surface area contributed by atoms with E-state index >= 15 is 0 Å². The van der Waals surface area contributed by atoms with Gasteiger partial charge in [0, 0.05) is 45.2 Å². The van der Waals surface area contributed by atoms with Crippen molar-refractivity contribution >= 4 is 5.91 Å². The molecule has 0 bridgehead atoms. The Morgan fingerprint density at radius 2 is 1.90 bits per heavy atom. The quantitative estimate of drug-likeness (QED) is 0.800. The second kappa shape index (κ2) is 6.23. The van der Waals surface area contributed by atoms with Crippen molar-refractivity contribution in [1.82, 2.24) is 14.7 Å². The van der Waals surface area contributed by atoms with Gasteiger partial charge in [-0.3, -0.25) is 9.69 Å². The summed E-state index contributed by atoms with van der Waals surface area (Å²) in [5.74, 6) is 0.643. The van der Waals surface area contributed by atoms with E-state index in [0.29, 0.717) is 12.5 Å². The molecule has 2 saturated heterocycles. The summed E-state index contributed by atoms with van der Waals surface area (Å²) >= 11 is 0. The van der Waals surface area contributed by atoms with Crippen molar-refractivity contribution in [3.05, 3.63) is 0 Å². The molecule has 0 aromatic carbocycles. The lowest BCUT2D eigenvalue weighted by Crippen LogP contribution is -2.56. The van der Waals surface area contributed by atoms with Crippen molar-refractivity contribution in [2.24, 2.45) is 5.92 Å². The number of rotatable bonds is 2. The topological polar surface area (TPSA) is 47.0 Å². The van der Waals surface area contributed by atoms with Crippen molar-refractivity contribution in [1.29, 1.82) is 0 Å². The lowest BCUT2D eigenvalue weighted by molar-refractivity contribution is -0.138. The number of hydrogen-bond acceptors (Lipinski definition) is 4. The van der Waals surface area contributed by atoms with E-state index in [4.69, 9.17) is 0 Å². The van der Waals surface area contributed by atoms with Crippen LogP contribution in [0.5, 0.6) is 0 Å². The van der Waals surface area contributed by atoms with Gasteiger partial charge in [-0.2, -0.15) is 0 Å². The van der Waals surface area contributed by atoms with E-state index in [-0.39, 0.29) is 5.91 Å². The molecule has 0 aromatic rings. The van der Waals surface area contributed by atoms with E-state index < -0.39 is 5.60 Å². The van der Waals surface area contributed by atoms with Gasteiger partial charge in [0.15, 0.2) is 0 Å². The Hall–Kier alpha value is -0.650. The average Bonchev–Trinajstić information content (AvgIpc) is 2.48. The highest BCUT2D eigenvalue weighted by Gasteiger charge is 2.43. The third kappa shape index (κ3) is 3.41. The van der Waals surface area contributed by atoms with Crippen molar-refractivity contribution in [3.63, 3.8) is 0 Å². The lowest BCUT2D eigenvalue weighted by atomic mass is 9.71. The van der Waals surface area contributed by atoms with Crippen molar-refractivity contribution in [2.45, 2.75) is 37.7 Å². The maximum Gasteiger partial charge on any atom is 0.236 e. The summed E-state index contributed by atoms with van der Waals surface area (Å²) in [5.41, 5.74) is -0.439. The lowest BCUT2D eigenvalue weighted by Gasteiger charge is -2.47. The van der Waals surface area contributed by atoms with Crippen LogP contribution in [-0.2, 0) is 4.79 Å². The summed E-state index contributed by atoms with van der Waals surface area (Å²) in [6.07, 6.45) is 5.31. The van der Waals surface area contributed by atoms with Crippen LogP contribution in [0.2, 0.25) is 0 Å². The normalized spacial score (nSPS) is 35.5. The molecular formula is C16H29N3O2. The Labute approximate surface area is 127 Å². The molecule has 3 aliphatic rings. The molecule has 120 valence electrons. The molecule has 3 fully saturated rings. The maximum absolute atomic E-state index is 12.4. The average molecular weight is 295 g/mol. The number of aliphatic hydroxyl groups is 1. The van der Waals surface area contributed by atoms with Gasteiger partial charge in [-0.15, -0.1) is 0 Å². The zero-order chi connectivity index (χ0) is 14.9. The predicted molar refractivity (Wildman–Crippen MR) is 82.0 cm³/mol. The number of piperidine rings is 1. The van der Waals surface area contributed by atoms with E-state index in [2.05, 4.69) is 16.8 Å². The fourth-order valence-corrected chi connectivity index (χ4v) is 4.13. The van der Waals surface area contributed by atoms with E-state index in [0.717, 1.165) is 65.0 Å². The van der Waals surface area contributed by atoms with Gasteiger partial charge in [-0.25, -0.2) is 0 Å². The molecule has 5 nitrogen and oxygen atoms in total. The third-order valence-electron chi connectivity index (χ3n) is 5.73. The standard InChI is InChI=1S/C16H29N3O2/c1-17-8-10-19(11-9-17)15(20)13-18-7-6-16(21)5-3-2-4-14(16)12-18/h14,21H,2-13H2,1H3/t14-,16-/m0/s1. The fraction of sp³-hybridized carbons (Fsp3) is 0.938. The molecule has 0 radical (unpaired) electrons. The second-order valence-corrected chi connectivity index (χ2v) is 7.22. The highest BCUT2D eigenvalue weighted by atomic mass is 16.3. The number of piperazine rings is 1. The zero-order valence-corrected chi connectivity index (χ0v) is 13.3. The van der Waals surface area contributed by atoms with Crippen LogP contribution in [0.3, 0.4) is 0 Å². The number of fused-ring (bicyclic) bond motifs is 1. The highest BCUT2D eigenvalue weighted by Crippen LogP contribution is 2.39. The number of likely N-dealkylation sites (tertiary alicyclic amines) is 1. The Morgan fingerprint density at radius 3 is 2.67 bits per heavy atom. The first-order chi connectivity index (χ1) is 10.1. The van der Waals surface area contributed by atoms with Crippen LogP contribution in [0.15, 0.2) is 0 Å². The summed E-state index contributed by atoms with van der Waals surface area (Å²) in [7, 11) is 2.11. The van der Waals surface area contributed by atoms with Crippen molar-refractivity contribution in [3.8, 4) is 0 Å². The van der Waals surface area contributed by atoms with Crippen LogP contribution in [0.4, 0.5) is 0 Å². The van der Waals surface area contributed by atoms with Gasteiger partial charge in [0.05, 0.1) is 12.1 Å². The molecule has 1 aliphatic carbocycles. The fourth-order valence-electron chi connectivity index (χ4n) is 4.13. The molecule has 0 unspecified atom stereocenters. The van der Waals surface area contributed by atoms with Crippen LogP contribution in [-0.4, -0.2) is 84.2 Å². The summed E-state index contributed by atoms with van der Waals surface area (Å²) < 4.78 is 0. The second-order valence-electron chi connectivity index (χ2n) is 7.22. The molecular weight excluding hydrogens is 266 g/mol. The molecule has 2 aliphatic heterocycles. The molecule has 1 N–H and O–H groups in total. The molecule has 2 atom stereocenters. The zero-order valence-electron chi connectivity index (χ0n) is 13.3. The van der Waals surface area contributed by atoms with Crippen LogP contribution in [0.25, 0.3) is 0 Å². The Balaban J connectivity index is 1.51. The molecule has 21 heavy (non-hydrogen) atoms. The molecule has 1 saturated carbocycles. The van der Waals surface area contributed by atoms with E-state index in [1.807, 2.05) is 4.90 Å². The number of hydrogen-bond donors (Lipinski definition) is 1. The largest absolute Gasteiger partial charge is 0.390 e. The van der Waals surface area contributed by atoms with Gasteiger partial charge in [-0.1, -0.05) is 12.8 Å². The molecule has 5 heteroatoms. The first-order valence-corrected chi connectivity index (χ1v) is 8.48. The summed E-state index contributed by atoms with van der Waals surface area (Å²) in [4.78, 5) is 19.0. The number of likely N-dealkylation sites (N-methyl/N-ethyl adjacent to an activating group) is 1. The van der Waals surface area contributed by atoms with Crippen LogP contribution in [0.1, 0.15) is 32.1 Å². The minimum absolute atomic E-state index is 0.268. The molecule has 3 rings (SSSR count). The minimum atomic E-state index is -0.439. The predicted octanol–water partition coefficient (Wildman–Crippen LogP) is 0.387. The van der Waals surface area contributed by atoms with E-state index in [1.54, 1.807) is 0 Å². The molecule has 1 amide bonds. The Kier molecular flexibility index (Phi) is 4.52. The van der Waals surface area contributed by atoms with Gasteiger partial charge in [0.1, 0.15) is 0 Å². The first kappa shape index (κ1) is 15.3. The number of nitrogens with zero attached hydrogens (tertiary/aromatic N) is 3. The number of amides is 1. The van der Waals surface area contributed by atoms with Gasteiger partial charge >= 0.3 is 0 Å². The first-order valence-electron chi connectivity index (χ1n) is 8.48. The minimum Gasteiger partial charge on any atom is -0.390 e. The number of carbonyl (C=O) groups excluding carboxylic acids is 1. The highest BCUT2D eigenvalue weighted by molar-refractivity contribution is 5.78. The SMILES string of the molecule is CN1CCN(C(=O)CN2CC[C@@]3(O)CCCC[C@H]3C2)CC1. The third-order valence-corrected chi connectivity index (χ3v) is 5.73. The van der Waals surface area contributed by atoms with Crippen LogP contribution >= 0.6 is 0 Å². The summed E-state index contributed by atoms with van der Waals surface area (Å²) in [6.45, 7) is 5.98. The van der Waals surface area contributed by atoms with Crippen LogP contribution < -0.4 is 0 Å². The molecule has 2 heterocycles. The number of carbonyl (C=O) groups is 1. The van der Waals surface area contributed by atoms with Crippen molar-refractivity contribution < 1.29 is 9.90 Å². The van der Waals surface area contributed by atoms with E-state index in [1.165, 1.54) is 6.42 Å². The summed E-state index contributed by atoms with van der Waals surface area (Å²) in [6, 6.07) is 0. The van der Waals surface area contributed by atoms with Crippen molar-refractivity contribution in [2.75, 3.05) is 52.9 Å². The van der Waals surface area contributed by atoms with Gasteiger partial charge in [-0.05, 0) is 26.3 Å². The maximum atomic E-state index is 12.4. The molecule has 0 spiro atoms. The van der Waals surface area contributed by atoms with Gasteiger partial charge in [0.25, 0.3) is 0 Å². The Bertz CT molecular complexity index is 382. The monoisotopic (exact) mass is 295 g/mol. The summed E-state index contributed by atoms with van der Waals surface area (Å²) in [5, 5.41) is 10.7.